The second-order valence-corrected chi connectivity index (χ2v) is 8.31. The van der Waals surface area contributed by atoms with Gasteiger partial charge in [-0.05, 0) is 57.4 Å². The third kappa shape index (κ3) is 5.98. The van der Waals surface area contributed by atoms with Crippen LogP contribution in [0.2, 0.25) is 5.02 Å². The molecule has 2 rings (SSSR count). The summed E-state index contributed by atoms with van der Waals surface area (Å²) in [6, 6.07) is 6.49. The van der Waals surface area contributed by atoms with Crippen LogP contribution in [0.3, 0.4) is 0 Å². The number of carbonyl (C=O) groups is 1. The summed E-state index contributed by atoms with van der Waals surface area (Å²) in [5.74, 6) is -0.0829. The average Bonchev–Trinajstić information content (AvgIpc) is 2.57. The first-order valence-corrected chi connectivity index (χ1v) is 9.54. The lowest BCUT2D eigenvalue weighted by atomic mass is 9.89. The fraction of sp³-hybridized carbons (Fsp3) is 0.600. The van der Waals surface area contributed by atoms with Gasteiger partial charge in [-0.2, -0.15) is 5.26 Å². The van der Waals surface area contributed by atoms with E-state index in [9.17, 15) is 4.79 Å². The molecule has 1 fully saturated rings. The molecule has 2 N–H and O–H groups in total. The Morgan fingerprint density at radius 1 is 1.50 bits per heavy atom. The van der Waals surface area contributed by atoms with Gasteiger partial charge in [0.1, 0.15) is 0 Å². The first-order valence-electron chi connectivity index (χ1n) is 9.16. The first kappa shape index (κ1) is 20.7. The minimum atomic E-state index is -0.495. The number of hydrogen-bond donors (Lipinski definition) is 2. The van der Waals surface area contributed by atoms with E-state index in [2.05, 4.69) is 28.5 Å². The van der Waals surface area contributed by atoms with Crippen LogP contribution in [0.1, 0.15) is 44.7 Å². The van der Waals surface area contributed by atoms with E-state index in [1.807, 2.05) is 26.8 Å². The number of anilines is 1. The zero-order chi connectivity index (χ0) is 19.3. The Labute approximate surface area is 161 Å². The van der Waals surface area contributed by atoms with Crippen molar-refractivity contribution in [1.82, 2.24) is 10.2 Å². The summed E-state index contributed by atoms with van der Waals surface area (Å²) < 4.78 is 0. The highest BCUT2D eigenvalue weighted by Gasteiger charge is 2.20. The van der Waals surface area contributed by atoms with E-state index >= 15 is 0 Å². The minimum absolute atomic E-state index is 0.0829. The molecular formula is C20H29ClN4O. The van der Waals surface area contributed by atoms with Crippen molar-refractivity contribution in [3.63, 3.8) is 0 Å². The number of piperazine rings is 1. The summed E-state index contributed by atoms with van der Waals surface area (Å²) in [6.45, 7) is 11.7. The van der Waals surface area contributed by atoms with Crippen molar-refractivity contribution in [2.75, 3.05) is 25.0 Å². The molecule has 1 aromatic carbocycles. The van der Waals surface area contributed by atoms with Gasteiger partial charge in [-0.15, -0.1) is 0 Å². The van der Waals surface area contributed by atoms with Gasteiger partial charge in [0, 0.05) is 49.4 Å². The van der Waals surface area contributed by atoms with Crippen LogP contribution in [-0.4, -0.2) is 36.5 Å². The lowest BCUT2D eigenvalue weighted by Gasteiger charge is -2.32. The Hall–Kier alpha value is -1.61. The number of nitrogens with zero attached hydrogens (tertiary/aromatic N) is 2. The molecule has 1 aliphatic heterocycles. The maximum absolute atomic E-state index is 12.3. The molecule has 1 atom stereocenters. The topological polar surface area (TPSA) is 68.2 Å². The van der Waals surface area contributed by atoms with Crippen LogP contribution >= 0.6 is 11.6 Å². The second kappa shape index (κ2) is 8.85. The molecular weight excluding hydrogens is 348 g/mol. The summed E-state index contributed by atoms with van der Waals surface area (Å²) in [6.07, 6.45) is 0.845. The van der Waals surface area contributed by atoms with Crippen molar-refractivity contribution < 1.29 is 4.79 Å². The molecule has 0 saturated carbocycles. The maximum Gasteiger partial charge on any atom is 0.224 e. The molecule has 1 saturated heterocycles. The van der Waals surface area contributed by atoms with Crippen molar-refractivity contribution in [3.8, 4) is 6.07 Å². The van der Waals surface area contributed by atoms with Crippen molar-refractivity contribution in [3.05, 3.63) is 28.3 Å². The van der Waals surface area contributed by atoms with Gasteiger partial charge in [0.05, 0.1) is 11.5 Å². The molecule has 1 amide bonds. The third-order valence-electron chi connectivity index (χ3n) is 4.88. The molecule has 1 aliphatic rings. The lowest BCUT2D eigenvalue weighted by Crippen LogP contribution is -2.48. The molecule has 0 aromatic heterocycles. The predicted molar refractivity (Wildman–Crippen MR) is 106 cm³/mol. The van der Waals surface area contributed by atoms with Crippen LogP contribution < -0.4 is 10.6 Å². The maximum atomic E-state index is 12.3. The number of nitrogens with one attached hydrogen (secondary N) is 2. The molecule has 6 heteroatoms. The number of amides is 1. The zero-order valence-corrected chi connectivity index (χ0v) is 16.9. The largest absolute Gasteiger partial charge is 0.326 e. The van der Waals surface area contributed by atoms with Gasteiger partial charge >= 0.3 is 0 Å². The number of benzene rings is 1. The Bertz CT molecular complexity index is 696. The molecule has 0 unspecified atom stereocenters. The molecule has 5 nitrogen and oxygen atoms in total. The standard InChI is InChI=1S/C20H29ClN4O/c1-14-11-25(8-7-23-14)12-16-9-17(21)10-18(15(16)2)24-19(26)5-6-20(3,4)13-22/h9-10,14,23H,5-8,11-12H2,1-4H3,(H,24,26)/t14-/m0/s1. The molecule has 0 bridgehead atoms. The van der Waals surface area contributed by atoms with Gasteiger partial charge in [0.15, 0.2) is 0 Å². The van der Waals surface area contributed by atoms with Gasteiger partial charge in [-0.1, -0.05) is 11.6 Å². The van der Waals surface area contributed by atoms with E-state index in [-0.39, 0.29) is 5.91 Å². The van der Waals surface area contributed by atoms with E-state index in [1.165, 1.54) is 0 Å². The zero-order valence-electron chi connectivity index (χ0n) is 16.2. The van der Waals surface area contributed by atoms with Crippen molar-refractivity contribution in [2.45, 2.75) is 53.1 Å². The number of nitriles is 1. The summed E-state index contributed by atoms with van der Waals surface area (Å²) >= 11 is 6.30. The molecule has 0 radical (unpaired) electrons. The number of carbonyl (C=O) groups excluding carboxylic acids is 1. The van der Waals surface area contributed by atoms with E-state index in [0.29, 0.717) is 23.9 Å². The molecule has 1 heterocycles. The lowest BCUT2D eigenvalue weighted by molar-refractivity contribution is -0.116. The summed E-state index contributed by atoms with van der Waals surface area (Å²) in [5.41, 5.74) is 2.45. The molecule has 142 valence electrons. The molecule has 1 aromatic rings. The Morgan fingerprint density at radius 3 is 2.88 bits per heavy atom. The van der Waals surface area contributed by atoms with Gasteiger partial charge in [0.25, 0.3) is 0 Å². The fourth-order valence-corrected chi connectivity index (χ4v) is 3.36. The quantitative estimate of drug-likeness (QED) is 0.794. The van der Waals surface area contributed by atoms with Gasteiger partial charge in [-0.3, -0.25) is 9.69 Å². The molecule has 0 spiro atoms. The highest BCUT2D eigenvalue weighted by Crippen LogP contribution is 2.27. The highest BCUT2D eigenvalue weighted by atomic mass is 35.5. The monoisotopic (exact) mass is 376 g/mol. The van der Waals surface area contributed by atoms with Crippen LogP contribution in [0, 0.1) is 23.7 Å². The predicted octanol–water partition coefficient (Wildman–Crippen LogP) is 3.71. The number of rotatable bonds is 6. The summed E-state index contributed by atoms with van der Waals surface area (Å²) in [4.78, 5) is 14.7. The Balaban J connectivity index is 2.06. The SMILES string of the molecule is Cc1c(CN2CCN[C@@H](C)C2)cc(Cl)cc1NC(=O)CCC(C)(C)C#N. The Kier molecular flexibility index (Phi) is 7.05. The van der Waals surface area contributed by atoms with Crippen LogP contribution in [0.15, 0.2) is 12.1 Å². The molecule has 26 heavy (non-hydrogen) atoms. The normalized spacial score (nSPS) is 18.4. The van der Waals surface area contributed by atoms with Crippen molar-refractivity contribution in [1.29, 1.82) is 5.26 Å². The minimum Gasteiger partial charge on any atom is -0.326 e. The average molecular weight is 377 g/mol. The van der Waals surface area contributed by atoms with E-state index in [1.54, 1.807) is 6.07 Å². The summed E-state index contributed by atoms with van der Waals surface area (Å²) in [7, 11) is 0. The van der Waals surface area contributed by atoms with Crippen LogP contribution in [0.4, 0.5) is 5.69 Å². The Morgan fingerprint density at radius 2 is 2.23 bits per heavy atom. The smallest absolute Gasteiger partial charge is 0.224 e. The van der Waals surface area contributed by atoms with E-state index in [4.69, 9.17) is 16.9 Å². The van der Waals surface area contributed by atoms with E-state index < -0.39 is 5.41 Å². The van der Waals surface area contributed by atoms with Crippen molar-refractivity contribution >= 4 is 23.2 Å². The van der Waals surface area contributed by atoms with Gasteiger partial charge in [-0.25, -0.2) is 0 Å². The second-order valence-electron chi connectivity index (χ2n) is 7.87. The van der Waals surface area contributed by atoms with Crippen LogP contribution in [-0.2, 0) is 11.3 Å². The van der Waals surface area contributed by atoms with Crippen LogP contribution in [0.25, 0.3) is 0 Å². The third-order valence-corrected chi connectivity index (χ3v) is 5.10. The highest BCUT2D eigenvalue weighted by molar-refractivity contribution is 6.31. The van der Waals surface area contributed by atoms with E-state index in [0.717, 1.165) is 43.0 Å². The number of hydrogen-bond acceptors (Lipinski definition) is 4. The van der Waals surface area contributed by atoms with Crippen molar-refractivity contribution in [2.24, 2.45) is 5.41 Å². The fourth-order valence-electron chi connectivity index (χ4n) is 3.12. The molecule has 0 aliphatic carbocycles. The van der Waals surface area contributed by atoms with Gasteiger partial charge < -0.3 is 10.6 Å². The number of halogens is 1. The summed E-state index contributed by atoms with van der Waals surface area (Å²) in [5, 5.41) is 16.1. The van der Waals surface area contributed by atoms with Gasteiger partial charge in [0.2, 0.25) is 5.91 Å². The first-order chi connectivity index (χ1) is 12.2. The van der Waals surface area contributed by atoms with Crippen LogP contribution in [0.5, 0.6) is 0 Å².